The Morgan fingerprint density at radius 1 is 1.36 bits per heavy atom. The molecule has 1 saturated heterocycles. The van der Waals surface area contributed by atoms with Crippen molar-refractivity contribution < 1.29 is 20.1 Å². The molecule has 11 heteroatoms. The second-order valence-electron chi connectivity index (χ2n) is 4.99. The predicted octanol–water partition coefficient (Wildman–Crippen LogP) is -1.91. The van der Waals surface area contributed by atoms with Crippen molar-refractivity contribution in [3.05, 3.63) is 15.1 Å². The van der Waals surface area contributed by atoms with Crippen LogP contribution >= 0.6 is 15.9 Å². The molecule has 3 rings (SSSR count). The highest BCUT2D eigenvalue weighted by Gasteiger charge is 2.44. The number of hydrogen-bond donors (Lipinski definition) is 4. The number of ether oxygens (including phenoxy) is 1. The number of hydrogen-bond acceptors (Lipinski definition) is 8. The van der Waals surface area contributed by atoms with Crippen molar-refractivity contribution in [3.8, 4) is 0 Å². The molecule has 4 atom stereocenters. The summed E-state index contributed by atoms with van der Waals surface area (Å²) in [6.07, 6.45) is -4.61. The Bertz CT molecular complexity index is 789. The van der Waals surface area contributed by atoms with E-state index in [9.17, 15) is 15.0 Å². The summed E-state index contributed by atoms with van der Waals surface area (Å²) in [5, 5.41) is 29.1. The molecule has 1 aliphatic heterocycles. The van der Waals surface area contributed by atoms with Gasteiger partial charge in [-0.2, -0.15) is 4.98 Å². The van der Waals surface area contributed by atoms with Gasteiger partial charge in [0, 0.05) is 7.05 Å². The van der Waals surface area contributed by atoms with Crippen molar-refractivity contribution in [1.29, 1.82) is 0 Å². The topological polar surface area (TPSA) is 149 Å². The van der Waals surface area contributed by atoms with Crippen LogP contribution in [0.5, 0.6) is 0 Å². The summed E-state index contributed by atoms with van der Waals surface area (Å²) in [4.78, 5) is 20.3. The number of nitrogens with two attached hydrogens (primary N) is 1. The Labute approximate surface area is 131 Å². The maximum absolute atomic E-state index is 12.1. The lowest BCUT2D eigenvalue weighted by Gasteiger charge is -2.17. The van der Waals surface area contributed by atoms with Gasteiger partial charge in [-0.3, -0.25) is 13.9 Å². The maximum Gasteiger partial charge on any atom is 0.282 e. The van der Waals surface area contributed by atoms with Crippen molar-refractivity contribution in [2.45, 2.75) is 24.5 Å². The molecule has 3 heterocycles. The molecule has 0 spiro atoms. The number of rotatable bonds is 2. The highest BCUT2D eigenvalue weighted by molar-refractivity contribution is 9.10. The maximum atomic E-state index is 12.1. The summed E-state index contributed by atoms with van der Waals surface area (Å²) >= 11 is 3.18. The fourth-order valence-electron chi connectivity index (χ4n) is 2.41. The van der Waals surface area contributed by atoms with Crippen molar-refractivity contribution in [2.24, 2.45) is 7.05 Å². The van der Waals surface area contributed by atoms with Gasteiger partial charge in [0.2, 0.25) is 5.95 Å². The zero-order valence-electron chi connectivity index (χ0n) is 11.4. The van der Waals surface area contributed by atoms with Gasteiger partial charge < -0.3 is 25.8 Å². The fraction of sp³-hybridized carbons (Fsp3) is 0.545. The van der Waals surface area contributed by atoms with Crippen LogP contribution in [0.4, 0.5) is 5.95 Å². The van der Waals surface area contributed by atoms with Gasteiger partial charge in [-0.15, -0.1) is 0 Å². The summed E-state index contributed by atoms with van der Waals surface area (Å²) in [6.45, 7) is -0.462. The standard InChI is InChI=1S/C11H14BrN5O5/c1-16-8(21)4-7(15-11(16)13)17(10(12)14-4)9-6(20)5(19)3(2-18)22-9/h3,5-6,9,18-20H,2H2,1H3,(H2,13,15)/t3-,5-,6-,9-/m1/s1. The SMILES string of the molecule is Cn1c(N)nc2c(nc(Br)n2[C@@H]2O[C@H](CO)[C@@H](O)[C@H]2O)c1=O. The summed E-state index contributed by atoms with van der Waals surface area (Å²) in [5.74, 6) is -0.0297. The van der Waals surface area contributed by atoms with Crippen molar-refractivity contribution >= 4 is 33.0 Å². The highest BCUT2D eigenvalue weighted by atomic mass is 79.9. The number of nitrogens with zero attached hydrogens (tertiary/aromatic N) is 4. The molecule has 0 aliphatic carbocycles. The summed E-state index contributed by atoms with van der Waals surface area (Å²) in [7, 11) is 1.46. The van der Waals surface area contributed by atoms with E-state index in [-0.39, 0.29) is 21.8 Å². The van der Waals surface area contributed by atoms with E-state index in [1.54, 1.807) is 0 Å². The van der Waals surface area contributed by atoms with Gasteiger partial charge in [0.25, 0.3) is 5.56 Å². The number of aliphatic hydroxyl groups excluding tert-OH is 3. The number of anilines is 1. The Morgan fingerprint density at radius 3 is 2.64 bits per heavy atom. The van der Waals surface area contributed by atoms with Gasteiger partial charge in [0.1, 0.15) is 18.3 Å². The van der Waals surface area contributed by atoms with Crippen LogP contribution in [0.15, 0.2) is 9.53 Å². The molecular formula is C11H14BrN5O5. The molecule has 0 radical (unpaired) electrons. The minimum atomic E-state index is -1.32. The van der Waals surface area contributed by atoms with Gasteiger partial charge in [-0.1, -0.05) is 0 Å². The first kappa shape index (κ1) is 15.4. The molecule has 1 aliphatic rings. The van der Waals surface area contributed by atoms with E-state index in [0.29, 0.717) is 0 Å². The van der Waals surface area contributed by atoms with E-state index < -0.39 is 36.7 Å². The van der Waals surface area contributed by atoms with Crippen LogP contribution < -0.4 is 11.3 Å². The van der Waals surface area contributed by atoms with E-state index in [1.807, 2.05) is 0 Å². The number of aliphatic hydroxyl groups is 3. The first-order chi connectivity index (χ1) is 10.4. The van der Waals surface area contributed by atoms with Crippen molar-refractivity contribution in [3.63, 3.8) is 0 Å². The lowest BCUT2D eigenvalue weighted by atomic mass is 10.1. The predicted molar refractivity (Wildman–Crippen MR) is 77.9 cm³/mol. The Hall–Kier alpha value is -1.53. The first-order valence-electron chi connectivity index (χ1n) is 6.39. The van der Waals surface area contributed by atoms with E-state index in [4.69, 9.17) is 15.6 Å². The molecule has 1 fully saturated rings. The zero-order valence-corrected chi connectivity index (χ0v) is 13.0. The fourth-order valence-corrected chi connectivity index (χ4v) is 2.96. The Morgan fingerprint density at radius 2 is 2.05 bits per heavy atom. The molecule has 0 aromatic carbocycles. The lowest BCUT2D eigenvalue weighted by Crippen LogP contribution is -2.33. The van der Waals surface area contributed by atoms with Crippen LogP contribution in [0.3, 0.4) is 0 Å². The minimum Gasteiger partial charge on any atom is -0.394 e. The van der Waals surface area contributed by atoms with Gasteiger partial charge in [-0.25, -0.2) is 4.98 Å². The molecule has 0 saturated carbocycles. The molecule has 0 unspecified atom stereocenters. The van der Waals surface area contributed by atoms with E-state index in [2.05, 4.69) is 25.9 Å². The smallest absolute Gasteiger partial charge is 0.282 e. The number of halogens is 1. The van der Waals surface area contributed by atoms with Crippen LogP contribution in [0.1, 0.15) is 6.23 Å². The molecule has 2 aromatic rings. The van der Waals surface area contributed by atoms with Crippen LogP contribution in [-0.2, 0) is 11.8 Å². The molecule has 0 amide bonds. The molecule has 10 nitrogen and oxygen atoms in total. The average molecular weight is 376 g/mol. The van der Waals surface area contributed by atoms with Crippen molar-refractivity contribution in [2.75, 3.05) is 12.3 Å². The third-order valence-corrected chi connectivity index (χ3v) is 4.25. The Kier molecular flexibility index (Phi) is 3.69. The second kappa shape index (κ2) is 5.28. The number of imidazole rings is 1. The molecule has 120 valence electrons. The lowest BCUT2D eigenvalue weighted by molar-refractivity contribution is -0.0521. The van der Waals surface area contributed by atoms with Gasteiger partial charge >= 0.3 is 0 Å². The minimum absolute atomic E-state index is 0.0297. The van der Waals surface area contributed by atoms with E-state index in [1.165, 1.54) is 11.6 Å². The molecule has 2 aromatic heterocycles. The summed E-state index contributed by atoms with van der Waals surface area (Å²) in [5.41, 5.74) is 5.39. The largest absolute Gasteiger partial charge is 0.394 e. The highest BCUT2D eigenvalue weighted by Crippen LogP contribution is 2.33. The molecule has 22 heavy (non-hydrogen) atoms. The molecule has 5 N–H and O–H groups in total. The number of aromatic nitrogens is 4. The monoisotopic (exact) mass is 375 g/mol. The normalized spacial score (nSPS) is 28.6. The molecule has 0 bridgehead atoms. The van der Waals surface area contributed by atoms with Crippen LogP contribution in [-0.4, -0.2) is 59.3 Å². The van der Waals surface area contributed by atoms with Gasteiger partial charge in [0.05, 0.1) is 6.61 Å². The summed E-state index contributed by atoms with van der Waals surface area (Å²) in [6, 6.07) is 0. The van der Waals surface area contributed by atoms with Crippen LogP contribution in [0.25, 0.3) is 11.2 Å². The van der Waals surface area contributed by atoms with Crippen LogP contribution in [0.2, 0.25) is 0 Å². The Balaban J connectivity index is 2.20. The quantitative estimate of drug-likeness (QED) is 0.444. The van der Waals surface area contributed by atoms with Gasteiger partial charge in [-0.05, 0) is 15.9 Å². The molecular weight excluding hydrogens is 362 g/mol. The van der Waals surface area contributed by atoms with E-state index >= 15 is 0 Å². The number of nitrogen functional groups attached to an aromatic ring is 1. The summed E-state index contributed by atoms with van der Waals surface area (Å²) < 4.78 is 8.08. The van der Waals surface area contributed by atoms with Gasteiger partial charge in [0.15, 0.2) is 22.1 Å². The van der Waals surface area contributed by atoms with E-state index in [0.717, 1.165) is 4.57 Å². The number of fused-ring (bicyclic) bond motifs is 1. The third kappa shape index (κ3) is 2.05. The third-order valence-electron chi connectivity index (χ3n) is 3.69. The average Bonchev–Trinajstić information content (AvgIpc) is 2.95. The second-order valence-corrected chi connectivity index (χ2v) is 5.70. The zero-order chi connectivity index (χ0) is 16.2. The van der Waals surface area contributed by atoms with Crippen LogP contribution in [0, 0.1) is 0 Å². The van der Waals surface area contributed by atoms with Crippen molar-refractivity contribution in [1.82, 2.24) is 19.1 Å². The first-order valence-corrected chi connectivity index (χ1v) is 7.18.